The van der Waals surface area contributed by atoms with Gasteiger partial charge in [0.05, 0.1) is 20.7 Å². The van der Waals surface area contributed by atoms with Crippen LogP contribution in [0.2, 0.25) is 0 Å². The van der Waals surface area contributed by atoms with Crippen LogP contribution in [0.1, 0.15) is 13.8 Å². The summed E-state index contributed by atoms with van der Waals surface area (Å²) in [7, 11) is 0. The van der Waals surface area contributed by atoms with Gasteiger partial charge in [0.1, 0.15) is 10.8 Å². The number of nitrogens with zero attached hydrogens (tertiary/aromatic N) is 2. The molecule has 4 rings (SSSR count). The number of rotatable bonds is 2. The van der Waals surface area contributed by atoms with Crippen LogP contribution in [-0.2, 0) is 0 Å². The average Bonchev–Trinajstić information content (AvgIpc) is 3.19. The molecule has 0 amide bonds. The normalized spacial score (nSPS) is 11.9. The molecule has 0 aliphatic carbocycles. The van der Waals surface area contributed by atoms with E-state index in [4.69, 9.17) is 9.47 Å². The van der Waals surface area contributed by atoms with Crippen molar-refractivity contribution in [1.82, 2.24) is 4.98 Å². The first-order valence-corrected chi connectivity index (χ1v) is 8.11. The number of aromatic nitrogens is 1. The SMILES string of the molecule is CC.O=[N+]([O-])c1ccc(O)cc1-c1nc2cc3c(cc2s1)OCO3. The number of hydrogen-bond donors (Lipinski definition) is 1. The van der Waals surface area contributed by atoms with E-state index >= 15 is 0 Å². The zero-order valence-electron chi connectivity index (χ0n) is 13.0. The second-order valence-corrected chi connectivity index (χ2v) is 5.68. The van der Waals surface area contributed by atoms with Crippen LogP contribution in [0, 0.1) is 10.1 Å². The second kappa shape index (κ2) is 6.32. The Bertz CT molecular complexity index is 881. The van der Waals surface area contributed by atoms with Gasteiger partial charge < -0.3 is 14.6 Å². The number of nitro benzene ring substituents is 1. The van der Waals surface area contributed by atoms with Crippen LogP contribution < -0.4 is 9.47 Å². The molecule has 1 aliphatic heterocycles. The molecule has 0 saturated heterocycles. The van der Waals surface area contributed by atoms with Crippen molar-refractivity contribution < 1.29 is 19.5 Å². The van der Waals surface area contributed by atoms with E-state index in [-0.39, 0.29) is 23.8 Å². The highest BCUT2D eigenvalue weighted by molar-refractivity contribution is 7.21. The van der Waals surface area contributed by atoms with Crippen molar-refractivity contribution in [3.05, 3.63) is 40.4 Å². The minimum Gasteiger partial charge on any atom is -0.508 e. The van der Waals surface area contributed by atoms with E-state index in [1.165, 1.54) is 29.5 Å². The third kappa shape index (κ3) is 2.71. The summed E-state index contributed by atoms with van der Waals surface area (Å²) in [6.45, 7) is 4.18. The van der Waals surface area contributed by atoms with E-state index in [1.807, 2.05) is 13.8 Å². The molecule has 1 aromatic heterocycles. The Hall–Kier alpha value is -2.87. The van der Waals surface area contributed by atoms with Gasteiger partial charge in [0, 0.05) is 18.2 Å². The predicted molar refractivity (Wildman–Crippen MR) is 90.8 cm³/mol. The number of phenolic OH excluding ortho intramolecular Hbond substituents is 1. The molecule has 0 spiro atoms. The third-order valence-electron chi connectivity index (χ3n) is 3.29. The van der Waals surface area contributed by atoms with Gasteiger partial charge in [-0.15, -0.1) is 11.3 Å². The van der Waals surface area contributed by atoms with Gasteiger partial charge in [-0.2, -0.15) is 0 Å². The molecule has 124 valence electrons. The standard InChI is InChI=1S/C14H8N2O5S.C2H6/c17-7-1-2-10(16(18)19)8(3-7)14-15-9-4-11-12(21-6-20-11)5-13(9)22-14;1-2/h1-5,17H,6H2;1-2H3. The number of hydrogen-bond acceptors (Lipinski definition) is 7. The van der Waals surface area contributed by atoms with Crippen LogP contribution in [0.25, 0.3) is 20.8 Å². The number of nitro groups is 1. The first-order valence-electron chi connectivity index (χ1n) is 7.30. The molecule has 1 aliphatic rings. The van der Waals surface area contributed by atoms with Crippen LogP contribution >= 0.6 is 11.3 Å². The predicted octanol–water partition coefficient (Wildman–Crippen LogP) is 4.33. The third-order valence-corrected chi connectivity index (χ3v) is 4.34. The zero-order chi connectivity index (χ0) is 17.3. The molecule has 0 radical (unpaired) electrons. The second-order valence-electron chi connectivity index (χ2n) is 4.65. The van der Waals surface area contributed by atoms with Gasteiger partial charge in [0.2, 0.25) is 6.79 Å². The van der Waals surface area contributed by atoms with Gasteiger partial charge in [-0.3, -0.25) is 10.1 Å². The number of aromatic hydroxyl groups is 1. The van der Waals surface area contributed by atoms with E-state index in [0.717, 1.165) is 4.70 Å². The van der Waals surface area contributed by atoms with Crippen LogP contribution in [0.5, 0.6) is 17.2 Å². The fourth-order valence-electron chi connectivity index (χ4n) is 2.29. The Morgan fingerprint density at radius 2 is 1.92 bits per heavy atom. The van der Waals surface area contributed by atoms with Crippen LogP contribution in [0.15, 0.2) is 30.3 Å². The van der Waals surface area contributed by atoms with Crippen LogP contribution in [-0.4, -0.2) is 21.8 Å². The van der Waals surface area contributed by atoms with Gasteiger partial charge in [-0.05, 0) is 12.1 Å². The maximum atomic E-state index is 11.1. The maximum Gasteiger partial charge on any atom is 0.279 e. The first-order chi connectivity index (χ1) is 11.6. The summed E-state index contributed by atoms with van der Waals surface area (Å²) in [4.78, 5) is 15.1. The lowest BCUT2D eigenvalue weighted by Gasteiger charge is -1.99. The van der Waals surface area contributed by atoms with E-state index in [2.05, 4.69) is 4.98 Å². The summed E-state index contributed by atoms with van der Waals surface area (Å²) in [6.07, 6.45) is 0. The number of benzene rings is 2. The Morgan fingerprint density at radius 1 is 1.21 bits per heavy atom. The number of phenols is 1. The lowest BCUT2D eigenvalue weighted by Crippen LogP contribution is -1.92. The molecule has 0 unspecified atom stereocenters. The molecular weight excluding hydrogens is 332 g/mol. The summed E-state index contributed by atoms with van der Waals surface area (Å²) in [5.74, 6) is 1.19. The molecule has 24 heavy (non-hydrogen) atoms. The Labute approximate surface area is 141 Å². The average molecular weight is 346 g/mol. The Morgan fingerprint density at radius 3 is 2.62 bits per heavy atom. The van der Waals surface area contributed by atoms with Crippen LogP contribution in [0.4, 0.5) is 5.69 Å². The van der Waals surface area contributed by atoms with Crippen molar-refractivity contribution in [1.29, 1.82) is 0 Å². The first kappa shape index (κ1) is 16.0. The summed E-state index contributed by atoms with van der Waals surface area (Å²) in [5, 5.41) is 21.2. The summed E-state index contributed by atoms with van der Waals surface area (Å²) in [6, 6.07) is 7.43. The van der Waals surface area contributed by atoms with Gasteiger partial charge in [0.15, 0.2) is 11.5 Å². The maximum absolute atomic E-state index is 11.1. The van der Waals surface area contributed by atoms with E-state index in [0.29, 0.717) is 22.0 Å². The number of fused-ring (bicyclic) bond motifs is 2. The molecule has 0 fully saturated rings. The fourth-order valence-corrected chi connectivity index (χ4v) is 3.29. The Balaban J connectivity index is 0.000000815. The quantitative estimate of drug-likeness (QED) is 0.548. The smallest absolute Gasteiger partial charge is 0.279 e. The highest BCUT2D eigenvalue weighted by Crippen LogP contribution is 2.42. The summed E-state index contributed by atoms with van der Waals surface area (Å²) in [5.41, 5.74) is 0.854. The minimum absolute atomic E-state index is 0.0472. The molecule has 2 heterocycles. The number of ether oxygens (including phenoxy) is 2. The molecule has 0 atom stereocenters. The monoisotopic (exact) mass is 346 g/mol. The van der Waals surface area contributed by atoms with Gasteiger partial charge in [-0.1, -0.05) is 13.8 Å². The molecule has 7 nitrogen and oxygen atoms in total. The van der Waals surface area contributed by atoms with Crippen molar-refractivity contribution in [2.24, 2.45) is 0 Å². The van der Waals surface area contributed by atoms with Crippen molar-refractivity contribution >= 4 is 27.2 Å². The zero-order valence-corrected chi connectivity index (χ0v) is 13.8. The van der Waals surface area contributed by atoms with Crippen molar-refractivity contribution in [2.75, 3.05) is 6.79 Å². The summed E-state index contributed by atoms with van der Waals surface area (Å²) < 4.78 is 11.4. The van der Waals surface area contributed by atoms with Crippen molar-refractivity contribution in [3.8, 4) is 27.8 Å². The lowest BCUT2D eigenvalue weighted by atomic mass is 10.2. The molecule has 8 heteroatoms. The largest absolute Gasteiger partial charge is 0.508 e. The van der Waals surface area contributed by atoms with Gasteiger partial charge in [0.25, 0.3) is 5.69 Å². The van der Waals surface area contributed by atoms with E-state index < -0.39 is 4.92 Å². The molecular formula is C16H14N2O5S. The van der Waals surface area contributed by atoms with E-state index in [1.54, 1.807) is 12.1 Å². The molecule has 3 aromatic rings. The van der Waals surface area contributed by atoms with Gasteiger partial charge in [-0.25, -0.2) is 4.98 Å². The topological polar surface area (TPSA) is 94.7 Å². The van der Waals surface area contributed by atoms with Crippen molar-refractivity contribution in [2.45, 2.75) is 13.8 Å². The van der Waals surface area contributed by atoms with Crippen LogP contribution in [0.3, 0.4) is 0 Å². The lowest BCUT2D eigenvalue weighted by molar-refractivity contribution is -0.384. The Kier molecular flexibility index (Phi) is 4.22. The van der Waals surface area contributed by atoms with E-state index in [9.17, 15) is 15.2 Å². The molecule has 0 bridgehead atoms. The van der Waals surface area contributed by atoms with Gasteiger partial charge >= 0.3 is 0 Å². The molecule has 2 aromatic carbocycles. The summed E-state index contributed by atoms with van der Waals surface area (Å²) >= 11 is 1.29. The molecule has 1 N–H and O–H groups in total. The molecule has 0 saturated carbocycles. The van der Waals surface area contributed by atoms with Crippen molar-refractivity contribution in [3.63, 3.8) is 0 Å². The number of thiazole rings is 1. The fraction of sp³-hybridized carbons (Fsp3) is 0.188. The minimum atomic E-state index is -0.493. The highest BCUT2D eigenvalue weighted by atomic mass is 32.1. The highest BCUT2D eigenvalue weighted by Gasteiger charge is 2.21.